The normalized spacial score (nSPS) is 25.7. The smallest absolute Gasteiger partial charge is 0.378 e. The second kappa shape index (κ2) is 9.26. The van der Waals surface area contributed by atoms with E-state index in [9.17, 15) is 18.0 Å². The van der Waals surface area contributed by atoms with E-state index in [1.54, 1.807) is 22.2 Å². The molecule has 5 rings (SSSR count). The Morgan fingerprint density at radius 3 is 2.47 bits per heavy atom. The predicted molar refractivity (Wildman–Crippen MR) is 115 cm³/mol. The van der Waals surface area contributed by atoms with E-state index >= 15 is 0 Å². The molecule has 3 atom stereocenters. The Balaban J connectivity index is 1.39. The van der Waals surface area contributed by atoms with Gasteiger partial charge in [-0.15, -0.1) is 0 Å². The number of aromatic amines is 1. The quantitative estimate of drug-likeness (QED) is 0.708. The number of benzene rings is 1. The van der Waals surface area contributed by atoms with Gasteiger partial charge >= 0.3 is 12.2 Å². The van der Waals surface area contributed by atoms with E-state index in [1.807, 2.05) is 0 Å². The van der Waals surface area contributed by atoms with Crippen LogP contribution in [0.5, 0.6) is 0 Å². The molecule has 0 spiro atoms. The molecule has 182 valence electrons. The maximum atomic E-state index is 13.3. The summed E-state index contributed by atoms with van der Waals surface area (Å²) in [7, 11) is 0. The van der Waals surface area contributed by atoms with E-state index in [1.165, 1.54) is 12.1 Å². The summed E-state index contributed by atoms with van der Waals surface area (Å²) in [6, 6.07) is 5.08. The van der Waals surface area contributed by atoms with Crippen molar-refractivity contribution in [3.63, 3.8) is 0 Å². The Kier molecular flexibility index (Phi) is 6.17. The molecule has 2 fully saturated rings. The summed E-state index contributed by atoms with van der Waals surface area (Å²) in [6.45, 7) is 2.82. The Bertz CT molecular complexity index is 1020. The maximum absolute atomic E-state index is 13.3. The van der Waals surface area contributed by atoms with Crippen LogP contribution < -0.4 is 5.48 Å². The Hall–Kier alpha value is -3.12. The van der Waals surface area contributed by atoms with Crippen molar-refractivity contribution in [2.75, 3.05) is 39.4 Å². The van der Waals surface area contributed by atoms with Crippen LogP contribution in [0.15, 0.2) is 41.7 Å². The van der Waals surface area contributed by atoms with Crippen LogP contribution in [0, 0.1) is 5.92 Å². The third-order valence-corrected chi connectivity index (χ3v) is 6.38. The SMILES string of the molecule is O=C(N1CCOCC1)N1CC(C2=NC(c3ncc[nH]3)ON2)CC(c2ccc(C(F)(F)F)cc2)C1. The number of piperidine rings is 1. The van der Waals surface area contributed by atoms with Crippen LogP contribution in [0.2, 0.25) is 0 Å². The van der Waals surface area contributed by atoms with Crippen LogP contribution in [0.25, 0.3) is 0 Å². The van der Waals surface area contributed by atoms with Gasteiger partial charge in [-0.25, -0.2) is 25.1 Å². The molecule has 4 heterocycles. The lowest BCUT2D eigenvalue weighted by atomic mass is 9.83. The van der Waals surface area contributed by atoms with Gasteiger partial charge in [-0.1, -0.05) is 12.1 Å². The molecule has 3 aliphatic heterocycles. The van der Waals surface area contributed by atoms with Crippen LogP contribution in [0.4, 0.5) is 18.0 Å². The van der Waals surface area contributed by atoms with Crippen molar-refractivity contribution in [2.45, 2.75) is 24.7 Å². The van der Waals surface area contributed by atoms with Gasteiger partial charge in [-0.05, 0) is 24.1 Å². The Morgan fingerprint density at radius 1 is 1.06 bits per heavy atom. The van der Waals surface area contributed by atoms with Crippen LogP contribution in [0.1, 0.15) is 35.5 Å². The number of hydroxylamine groups is 1. The van der Waals surface area contributed by atoms with E-state index in [4.69, 9.17) is 9.57 Å². The number of rotatable bonds is 3. The lowest BCUT2D eigenvalue weighted by molar-refractivity contribution is -0.137. The summed E-state index contributed by atoms with van der Waals surface area (Å²) in [5.41, 5.74) is 2.93. The Labute approximate surface area is 193 Å². The van der Waals surface area contributed by atoms with Crippen LogP contribution in [-0.4, -0.2) is 71.0 Å². The maximum Gasteiger partial charge on any atom is 0.416 e. The number of aromatic nitrogens is 2. The molecule has 1 aromatic heterocycles. The standard InChI is InChI=1S/C22H25F3N6O3/c23-22(24,25)17-3-1-14(2-4-17)15-11-16(18-28-20(34-29-18)19-26-5-6-27-19)13-31(12-15)21(32)30-7-9-33-10-8-30/h1-6,15-16,20H,7-13H2,(H,26,27)(H,28,29). The molecule has 3 unspecified atom stereocenters. The first kappa shape index (κ1) is 22.7. The van der Waals surface area contributed by atoms with Gasteiger partial charge in [-0.3, -0.25) is 0 Å². The van der Waals surface area contributed by atoms with Crippen molar-refractivity contribution in [3.05, 3.63) is 53.6 Å². The van der Waals surface area contributed by atoms with Gasteiger partial charge in [0, 0.05) is 50.4 Å². The Morgan fingerprint density at radius 2 is 1.79 bits per heavy atom. The lowest BCUT2D eigenvalue weighted by Gasteiger charge is -2.41. The van der Waals surface area contributed by atoms with Crippen LogP contribution in [-0.2, 0) is 15.8 Å². The van der Waals surface area contributed by atoms with Crippen molar-refractivity contribution < 1.29 is 27.5 Å². The predicted octanol–water partition coefficient (Wildman–Crippen LogP) is 2.92. The minimum Gasteiger partial charge on any atom is -0.378 e. The summed E-state index contributed by atoms with van der Waals surface area (Å²) < 4.78 is 44.5. The van der Waals surface area contributed by atoms with E-state index in [0.29, 0.717) is 57.5 Å². The highest BCUT2D eigenvalue weighted by Gasteiger charge is 2.38. The number of ether oxygens (including phenoxy) is 1. The number of likely N-dealkylation sites (tertiary alicyclic amines) is 1. The molecule has 0 bridgehead atoms. The van der Waals surface area contributed by atoms with Crippen LogP contribution >= 0.6 is 0 Å². The number of nitrogens with zero attached hydrogens (tertiary/aromatic N) is 4. The number of imidazole rings is 1. The number of hydrogen-bond donors (Lipinski definition) is 2. The number of amides is 2. The number of hydrogen-bond acceptors (Lipinski definition) is 6. The first-order chi connectivity index (χ1) is 16.4. The highest BCUT2D eigenvalue weighted by molar-refractivity contribution is 5.86. The number of H-pyrrole nitrogens is 1. The first-order valence-corrected chi connectivity index (χ1v) is 11.2. The molecule has 3 aliphatic rings. The zero-order chi connectivity index (χ0) is 23.7. The fraction of sp³-hybridized carbons (Fsp3) is 0.500. The molecule has 0 radical (unpaired) electrons. The van der Waals surface area contributed by atoms with Gasteiger partial charge in [0.05, 0.1) is 18.8 Å². The minimum atomic E-state index is -4.40. The largest absolute Gasteiger partial charge is 0.416 e. The summed E-state index contributed by atoms with van der Waals surface area (Å²) in [6.07, 6.45) is -1.13. The van der Waals surface area contributed by atoms with Gasteiger partial charge < -0.3 is 19.5 Å². The molecule has 9 nitrogen and oxygen atoms in total. The fourth-order valence-electron chi connectivity index (χ4n) is 4.61. The van der Waals surface area contributed by atoms with Gasteiger partial charge in [0.1, 0.15) is 5.84 Å². The molecule has 34 heavy (non-hydrogen) atoms. The average Bonchev–Trinajstić information content (AvgIpc) is 3.56. The number of carbonyl (C=O) groups is 1. The number of nitrogens with one attached hydrogen (secondary N) is 2. The average molecular weight is 478 g/mol. The highest BCUT2D eigenvalue weighted by atomic mass is 19.4. The number of alkyl halides is 3. The lowest BCUT2D eigenvalue weighted by Crippen LogP contribution is -2.53. The number of halogens is 3. The van der Waals surface area contributed by atoms with Crippen molar-refractivity contribution >= 4 is 11.9 Å². The molecule has 2 amide bonds. The minimum absolute atomic E-state index is 0.105. The van der Waals surface area contributed by atoms with E-state index < -0.39 is 18.0 Å². The monoisotopic (exact) mass is 478 g/mol. The zero-order valence-corrected chi connectivity index (χ0v) is 18.3. The van der Waals surface area contributed by atoms with Crippen molar-refractivity contribution in [3.8, 4) is 0 Å². The number of amidine groups is 1. The summed E-state index contributed by atoms with van der Waals surface area (Å²) in [4.78, 5) is 34.1. The summed E-state index contributed by atoms with van der Waals surface area (Å²) in [5.74, 6) is 0.820. The van der Waals surface area contributed by atoms with Crippen molar-refractivity contribution in [2.24, 2.45) is 10.9 Å². The molecule has 2 saturated heterocycles. The zero-order valence-electron chi connectivity index (χ0n) is 18.3. The van der Waals surface area contributed by atoms with E-state index in [2.05, 4.69) is 20.4 Å². The second-order valence-electron chi connectivity index (χ2n) is 8.60. The molecule has 2 N–H and O–H groups in total. The molecule has 12 heteroatoms. The summed E-state index contributed by atoms with van der Waals surface area (Å²) in [5, 5.41) is 0. The third kappa shape index (κ3) is 4.73. The van der Waals surface area contributed by atoms with Gasteiger partial charge in [0.25, 0.3) is 0 Å². The third-order valence-electron chi connectivity index (χ3n) is 6.38. The van der Waals surface area contributed by atoms with Gasteiger partial charge in [-0.2, -0.15) is 13.2 Å². The van der Waals surface area contributed by atoms with Crippen molar-refractivity contribution in [1.29, 1.82) is 0 Å². The number of morpholine rings is 1. The van der Waals surface area contributed by atoms with Crippen molar-refractivity contribution in [1.82, 2.24) is 25.2 Å². The fourth-order valence-corrected chi connectivity index (χ4v) is 4.61. The highest BCUT2D eigenvalue weighted by Crippen LogP contribution is 2.35. The molecule has 2 aromatic rings. The van der Waals surface area contributed by atoms with E-state index in [0.717, 1.165) is 17.7 Å². The topological polar surface area (TPSA) is 95.1 Å². The van der Waals surface area contributed by atoms with Crippen LogP contribution in [0.3, 0.4) is 0 Å². The van der Waals surface area contributed by atoms with E-state index in [-0.39, 0.29) is 17.9 Å². The first-order valence-electron chi connectivity index (χ1n) is 11.2. The molecular formula is C22H25F3N6O3. The molecule has 0 aliphatic carbocycles. The number of urea groups is 1. The molecular weight excluding hydrogens is 453 g/mol. The second-order valence-corrected chi connectivity index (χ2v) is 8.60. The number of aliphatic imine (C=N–C) groups is 1. The molecule has 1 aromatic carbocycles. The molecule has 0 saturated carbocycles. The van der Waals surface area contributed by atoms with Gasteiger partial charge in [0.2, 0.25) is 6.23 Å². The summed E-state index contributed by atoms with van der Waals surface area (Å²) >= 11 is 0. The number of carbonyl (C=O) groups excluding carboxylic acids is 1. The van der Waals surface area contributed by atoms with Gasteiger partial charge in [0.15, 0.2) is 5.82 Å².